The Morgan fingerprint density at radius 3 is 2.08 bits per heavy atom. The highest BCUT2D eigenvalue weighted by Crippen LogP contribution is 2.30. The van der Waals surface area contributed by atoms with Crippen LogP contribution in [-0.2, 0) is 0 Å². The Morgan fingerprint density at radius 1 is 1.00 bits per heavy atom. The van der Waals surface area contributed by atoms with E-state index in [0.29, 0.717) is 25.1 Å². The van der Waals surface area contributed by atoms with Crippen LogP contribution in [0.5, 0.6) is 0 Å². The lowest BCUT2D eigenvalue weighted by Gasteiger charge is -2.36. The lowest BCUT2D eigenvalue weighted by molar-refractivity contribution is -0.384. The van der Waals surface area contributed by atoms with Crippen molar-refractivity contribution in [1.29, 1.82) is 0 Å². The van der Waals surface area contributed by atoms with Gasteiger partial charge in [0.25, 0.3) is 11.6 Å². The maximum absolute atomic E-state index is 13.5. The van der Waals surface area contributed by atoms with Gasteiger partial charge in [-0.3, -0.25) is 14.9 Å². The van der Waals surface area contributed by atoms with Crippen molar-refractivity contribution in [3.8, 4) is 0 Å². The predicted molar refractivity (Wildman–Crippen MR) is 135 cm³/mol. The van der Waals surface area contributed by atoms with Crippen molar-refractivity contribution in [1.82, 2.24) is 10.2 Å². The first-order chi connectivity index (χ1) is 17.8. The summed E-state index contributed by atoms with van der Waals surface area (Å²) in [5.41, 5.74) is 2.13. The molecule has 1 aliphatic rings. The second kappa shape index (κ2) is 12.0. The summed E-state index contributed by atoms with van der Waals surface area (Å²) in [6.45, 7) is 1.84. The first-order valence-electron chi connectivity index (χ1n) is 12.3. The summed E-state index contributed by atoms with van der Waals surface area (Å²) in [5, 5.41) is 24.3. The maximum Gasteiger partial charge on any atom is 0.269 e. The molecule has 1 saturated heterocycles. The summed E-state index contributed by atoms with van der Waals surface area (Å²) in [6.07, 6.45) is 1.40. The SMILES string of the molecule is O=C(N[C@@H]1CCN(CCCC(c2ccc(F)cc2)c2ccc(F)cc2)C[C@H]1O)c1ccc([N+](=O)[O-])cc1. The van der Waals surface area contributed by atoms with Crippen LogP contribution in [0.4, 0.5) is 14.5 Å². The summed E-state index contributed by atoms with van der Waals surface area (Å²) in [7, 11) is 0. The molecule has 1 heterocycles. The number of amides is 1. The lowest BCUT2D eigenvalue weighted by Crippen LogP contribution is -2.54. The zero-order chi connectivity index (χ0) is 26.4. The number of benzene rings is 3. The number of β-amino-alcohol motifs (C(OH)–C–C–N with tert-alkyl or cyclic N) is 1. The van der Waals surface area contributed by atoms with Crippen LogP contribution < -0.4 is 5.32 Å². The molecule has 7 nitrogen and oxygen atoms in total. The molecule has 0 aliphatic carbocycles. The Balaban J connectivity index is 1.30. The van der Waals surface area contributed by atoms with E-state index in [4.69, 9.17) is 0 Å². The fourth-order valence-corrected chi connectivity index (χ4v) is 4.79. The smallest absolute Gasteiger partial charge is 0.269 e. The van der Waals surface area contributed by atoms with E-state index < -0.39 is 17.1 Å². The number of halogens is 2. The van der Waals surface area contributed by atoms with Crippen LogP contribution in [0.2, 0.25) is 0 Å². The molecule has 37 heavy (non-hydrogen) atoms. The van der Waals surface area contributed by atoms with Crippen molar-refractivity contribution >= 4 is 11.6 Å². The molecule has 1 fully saturated rings. The van der Waals surface area contributed by atoms with E-state index in [1.165, 1.54) is 48.5 Å². The Morgan fingerprint density at radius 2 is 1.57 bits per heavy atom. The number of hydrogen-bond donors (Lipinski definition) is 2. The fraction of sp³-hybridized carbons (Fsp3) is 0.321. The third-order valence-corrected chi connectivity index (χ3v) is 6.83. The number of hydrogen-bond acceptors (Lipinski definition) is 5. The van der Waals surface area contributed by atoms with Crippen LogP contribution in [0.1, 0.15) is 46.7 Å². The number of aliphatic hydroxyl groups excluding tert-OH is 1. The molecular formula is C28H29F2N3O4. The highest BCUT2D eigenvalue weighted by atomic mass is 19.1. The van der Waals surface area contributed by atoms with Gasteiger partial charge in [0.05, 0.1) is 17.1 Å². The molecule has 0 aromatic heterocycles. The second-order valence-corrected chi connectivity index (χ2v) is 9.34. The minimum Gasteiger partial charge on any atom is -0.390 e. The highest BCUT2D eigenvalue weighted by Gasteiger charge is 2.29. The molecule has 4 rings (SSSR count). The van der Waals surface area contributed by atoms with Crippen molar-refractivity contribution in [2.24, 2.45) is 0 Å². The van der Waals surface area contributed by atoms with Gasteiger partial charge in [-0.2, -0.15) is 0 Å². The Bertz CT molecular complexity index is 1160. The number of carbonyl (C=O) groups excluding carboxylic acids is 1. The first kappa shape index (κ1) is 26.4. The van der Waals surface area contributed by atoms with Crippen LogP contribution in [0.25, 0.3) is 0 Å². The summed E-state index contributed by atoms with van der Waals surface area (Å²) in [6, 6.07) is 17.7. The van der Waals surface area contributed by atoms with E-state index >= 15 is 0 Å². The molecule has 0 spiro atoms. The van der Waals surface area contributed by atoms with Crippen molar-refractivity contribution in [2.75, 3.05) is 19.6 Å². The van der Waals surface area contributed by atoms with Gasteiger partial charge in [0.15, 0.2) is 0 Å². The third kappa shape index (κ3) is 6.96. The molecule has 0 saturated carbocycles. The average molecular weight is 510 g/mol. The topological polar surface area (TPSA) is 95.7 Å². The number of carbonyl (C=O) groups is 1. The van der Waals surface area contributed by atoms with Crippen LogP contribution in [0, 0.1) is 21.7 Å². The molecule has 2 N–H and O–H groups in total. The quantitative estimate of drug-likeness (QED) is 0.323. The van der Waals surface area contributed by atoms with Crippen molar-refractivity contribution in [3.05, 3.63) is 111 Å². The number of nitro groups is 1. The normalized spacial score (nSPS) is 18.1. The Labute approximate surface area is 213 Å². The number of aliphatic hydroxyl groups is 1. The molecule has 1 aliphatic heterocycles. The van der Waals surface area contributed by atoms with Gasteiger partial charge in [0, 0.05) is 36.7 Å². The number of likely N-dealkylation sites (tertiary alicyclic amines) is 1. The van der Waals surface area contributed by atoms with Gasteiger partial charge in [-0.05, 0) is 73.3 Å². The van der Waals surface area contributed by atoms with Crippen LogP contribution in [-0.4, -0.2) is 52.6 Å². The van der Waals surface area contributed by atoms with Gasteiger partial charge in [0.1, 0.15) is 11.6 Å². The van der Waals surface area contributed by atoms with Gasteiger partial charge in [0.2, 0.25) is 0 Å². The van der Waals surface area contributed by atoms with E-state index in [1.807, 2.05) is 0 Å². The van der Waals surface area contributed by atoms with Crippen LogP contribution in [0.15, 0.2) is 72.8 Å². The van der Waals surface area contributed by atoms with E-state index in [1.54, 1.807) is 24.3 Å². The predicted octanol–water partition coefficient (Wildman–Crippen LogP) is 4.65. The van der Waals surface area contributed by atoms with Gasteiger partial charge in [-0.25, -0.2) is 8.78 Å². The minimum atomic E-state index is -0.749. The van der Waals surface area contributed by atoms with E-state index in [-0.39, 0.29) is 29.1 Å². The summed E-state index contributed by atoms with van der Waals surface area (Å²) < 4.78 is 26.9. The van der Waals surface area contributed by atoms with Gasteiger partial charge < -0.3 is 15.3 Å². The molecule has 194 valence electrons. The molecule has 2 atom stereocenters. The largest absolute Gasteiger partial charge is 0.390 e. The van der Waals surface area contributed by atoms with Crippen molar-refractivity contribution < 1.29 is 23.6 Å². The minimum absolute atomic E-state index is 0.00959. The van der Waals surface area contributed by atoms with Crippen molar-refractivity contribution in [2.45, 2.75) is 37.3 Å². The summed E-state index contributed by atoms with van der Waals surface area (Å²) in [4.78, 5) is 24.9. The highest BCUT2D eigenvalue weighted by molar-refractivity contribution is 5.94. The monoisotopic (exact) mass is 509 g/mol. The lowest BCUT2D eigenvalue weighted by atomic mass is 9.87. The molecule has 9 heteroatoms. The third-order valence-electron chi connectivity index (χ3n) is 6.83. The summed E-state index contributed by atoms with van der Waals surface area (Å²) >= 11 is 0. The van der Waals surface area contributed by atoms with Crippen LogP contribution in [0.3, 0.4) is 0 Å². The maximum atomic E-state index is 13.5. The number of nitro benzene ring substituents is 1. The number of nitrogens with one attached hydrogen (secondary N) is 1. The molecule has 0 bridgehead atoms. The molecule has 0 radical (unpaired) electrons. The Kier molecular flexibility index (Phi) is 8.58. The molecule has 3 aromatic carbocycles. The zero-order valence-electron chi connectivity index (χ0n) is 20.2. The molecular weight excluding hydrogens is 480 g/mol. The van der Waals surface area contributed by atoms with Gasteiger partial charge in [-0.15, -0.1) is 0 Å². The first-order valence-corrected chi connectivity index (χ1v) is 12.3. The number of nitrogens with zero attached hydrogens (tertiary/aromatic N) is 2. The van der Waals surface area contributed by atoms with Gasteiger partial charge in [-0.1, -0.05) is 24.3 Å². The van der Waals surface area contributed by atoms with Crippen LogP contribution >= 0.6 is 0 Å². The second-order valence-electron chi connectivity index (χ2n) is 9.34. The fourth-order valence-electron chi connectivity index (χ4n) is 4.79. The molecule has 0 unspecified atom stereocenters. The van der Waals surface area contributed by atoms with E-state index in [9.17, 15) is 28.8 Å². The molecule has 3 aromatic rings. The van der Waals surface area contributed by atoms with E-state index in [2.05, 4.69) is 10.2 Å². The summed E-state index contributed by atoms with van der Waals surface area (Å²) in [5.74, 6) is -1.00. The van der Waals surface area contributed by atoms with E-state index in [0.717, 1.165) is 30.5 Å². The number of piperidine rings is 1. The number of rotatable bonds is 9. The van der Waals surface area contributed by atoms with Gasteiger partial charge >= 0.3 is 0 Å². The zero-order valence-corrected chi connectivity index (χ0v) is 20.2. The standard InChI is InChI=1S/C28H29F2N3O4/c29-22-9-3-19(4-10-22)25(20-5-11-23(30)12-6-20)2-1-16-32-17-15-26(27(34)18-32)31-28(35)21-7-13-24(14-8-21)33(36)37/h3-14,25-27,34H,1-2,15-18H2,(H,31,35)/t26-,27-/m1/s1. The molecule has 1 amide bonds. The average Bonchev–Trinajstić information content (AvgIpc) is 2.89. The Hall–Kier alpha value is -3.69. The van der Waals surface area contributed by atoms with Crippen molar-refractivity contribution in [3.63, 3.8) is 0 Å². The number of non-ortho nitro benzene ring substituents is 1.